The van der Waals surface area contributed by atoms with Crippen LogP contribution in [0.3, 0.4) is 0 Å². The van der Waals surface area contributed by atoms with Crippen LogP contribution in [0.5, 0.6) is 0 Å². The van der Waals surface area contributed by atoms with Gasteiger partial charge in [-0.3, -0.25) is 9.52 Å². The molecule has 4 aromatic rings. The Morgan fingerprint density at radius 3 is 2.14 bits per heavy atom. The lowest BCUT2D eigenvalue weighted by Gasteiger charge is -2.12. The fraction of sp³-hybridized carbons (Fsp3) is 0.222. The van der Waals surface area contributed by atoms with Crippen LogP contribution in [0.4, 0.5) is 17.1 Å². The third kappa shape index (κ3) is 5.34. The number of rotatable bonds is 8. The second kappa shape index (κ2) is 9.36. The lowest BCUT2D eigenvalue weighted by Crippen LogP contribution is -2.21. The predicted octanol–water partition coefficient (Wildman–Crippen LogP) is 5.01. The van der Waals surface area contributed by atoms with Crippen molar-refractivity contribution >= 4 is 33.0 Å². The van der Waals surface area contributed by atoms with E-state index in [1.807, 2.05) is 50.2 Å². The van der Waals surface area contributed by atoms with Crippen molar-refractivity contribution in [1.82, 2.24) is 10.2 Å². The SMILES string of the molecule is CN(C)c1cccc(-c2nnc(-c3ccc(S(=O)(=O)Nc4ccc(NC(=O)C5(C)CC5)cc4)cc3)o2)c1. The summed E-state index contributed by atoms with van der Waals surface area (Å²) >= 11 is 0. The molecule has 1 aliphatic carbocycles. The molecule has 190 valence electrons. The molecular weight excluding hydrogens is 490 g/mol. The van der Waals surface area contributed by atoms with E-state index in [-0.39, 0.29) is 16.2 Å². The summed E-state index contributed by atoms with van der Waals surface area (Å²) in [5.41, 5.74) is 3.13. The topological polar surface area (TPSA) is 117 Å². The van der Waals surface area contributed by atoms with Gasteiger partial charge in [-0.05, 0) is 79.6 Å². The Morgan fingerprint density at radius 1 is 0.892 bits per heavy atom. The van der Waals surface area contributed by atoms with E-state index in [0.717, 1.165) is 24.1 Å². The summed E-state index contributed by atoms with van der Waals surface area (Å²) in [7, 11) is 0.0829. The number of anilines is 3. The highest BCUT2D eigenvalue weighted by Gasteiger charge is 2.44. The molecule has 1 saturated carbocycles. The Labute approximate surface area is 215 Å². The fourth-order valence-electron chi connectivity index (χ4n) is 3.68. The predicted molar refractivity (Wildman–Crippen MR) is 143 cm³/mol. The maximum absolute atomic E-state index is 12.9. The van der Waals surface area contributed by atoms with Gasteiger partial charge in [-0.1, -0.05) is 13.0 Å². The first-order valence-electron chi connectivity index (χ1n) is 11.8. The van der Waals surface area contributed by atoms with Crippen LogP contribution in [0.2, 0.25) is 0 Å². The van der Waals surface area contributed by atoms with E-state index in [1.54, 1.807) is 36.4 Å². The van der Waals surface area contributed by atoms with Gasteiger partial charge in [-0.2, -0.15) is 0 Å². The minimum atomic E-state index is -3.82. The van der Waals surface area contributed by atoms with Crippen molar-refractivity contribution in [3.63, 3.8) is 0 Å². The number of nitrogens with one attached hydrogen (secondary N) is 2. The molecule has 9 nitrogen and oxygen atoms in total. The highest BCUT2D eigenvalue weighted by Crippen LogP contribution is 2.45. The van der Waals surface area contributed by atoms with Gasteiger partial charge in [-0.15, -0.1) is 10.2 Å². The number of sulfonamides is 1. The van der Waals surface area contributed by atoms with E-state index in [1.165, 1.54) is 12.1 Å². The number of aromatic nitrogens is 2. The molecule has 0 saturated heterocycles. The molecule has 0 aliphatic heterocycles. The first kappa shape index (κ1) is 24.5. The summed E-state index contributed by atoms with van der Waals surface area (Å²) in [5.74, 6) is 0.652. The minimum Gasteiger partial charge on any atom is -0.416 e. The molecule has 3 aromatic carbocycles. The van der Waals surface area contributed by atoms with E-state index in [0.29, 0.717) is 28.7 Å². The van der Waals surface area contributed by atoms with Crippen molar-refractivity contribution in [1.29, 1.82) is 0 Å². The molecule has 0 radical (unpaired) electrons. The highest BCUT2D eigenvalue weighted by molar-refractivity contribution is 7.92. The van der Waals surface area contributed by atoms with Gasteiger partial charge in [0, 0.05) is 47.7 Å². The first-order chi connectivity index (χ1) is 17.6. The summed E-state index contributed by atoms with van der Waals surface area (Å²) in [6, 6.07) is 20.5. The average Bonchev–Trinajstić information content (AvgIpc) is 3.45. The van der Waals surface area contributed by atoms with Crippen LogP contribution in [0.15, 0.2) is 82.1 Å². The van der Waals surface area contributed by atoms with Crippen molar-refractivity contribution in [2.75, 3.05) is 29.0 Å². The lowest BCUT2D eigenvalue weighted by atomic mass is 10.1. The smallest absolute Gasteiger partial charge is 0.261 e. The van der Waals surface area contributed by atoms with Crippen molar-refractivity contribution in [2.24, 2.45) is 5.41 Å². The molecule has 0 atom stereocenters. The zero-order chi connectivity index (χ0) is 26.2. The van der Waals surface area contributed by atoms with Crippen molar-refractivity contribution in [3.8, 4) is 22.9 Å². The number of amides is 1. The monoisotopic (exact) mass is 517 g/mol. The van der Waals surface area contributed by atoms with Crippen LogP contribution in [0.25, 0.3) is 22.9 Å². The molecule has 0 unspecified atom stereocenters. The molecule has 1 aromatic heterocycles. The Kier molecular flexibility index (Phi) is 6.20. The quantitative estimate of drug-likeness (QED) is 0.337. The standard InChI is InChI=1S/C27H27N5O4S/c1-27(15-16-27)26(33)28-20-9-11-21(12-10-20)31-37(34,35)23-13-7-18(8-14-23)24-29-30-25(36-24)19-5-4-6-22(17-19)32(2)3/h4-14,17,31H,15-16H2,1-3H3,(H,28,33). The summed E-state index contributed by atoms with van der Waals surface area (Å²) in [5, 5.41) is 11.1. The number of nitrogens with zero attached hydrogens (tertiary/aromatic N) is 3. The number of carbonyl (C=O) groups excluding carboxylic acids is 1. The van der Waals surface area contributed by atoms with Gasteiger partial charge in [0.05, 0.1) is 4.90 Å². The van der Waals surface area contributed by atoms with Crippen LogP contribution in [-0.4, -0.2) is 38.6 Å². The molecule has 0 bridgehead atoms. The highest BCUT2D eigenvalue weighted by atomic mass is 32.2. The van der Waals surface area contributed by atoms with Gasteiger partial charge in [0.15, 0.2) is 0 Å². The van der Waals surface area contributed by atoms with E-state index in [2.05, 4.69) is 20.2 Å². The van der Waals surface area contributed by atoms with Crippen molar-refractivity contribution < 1.29 is 17.6 Å². The van der Waals surface area contributed by atoms with Crippen LogP contribution in [0, 0.1) is 5.41 Å². The van der Waals surface area contributed by atoms with E-state index < -0.39 is 10.0 Å². The summed E-state index contributed by atoms with van der Waals surface area (Å²) in [6.07, 6.45) is 1.77. The van der Waals surface area contributed by atoms with E-state index in [4.69, 9.17) is 4.42 Å². The zero-order valence-electron chi connectivity index (χ0n) is 20.7. The van der Waals surface area contributed by atoms with Gasteiger partial charge in [0.1, 0.15) is 0 Å². The van der Waals surface area contributed by atoms with E-state index in [9.17, 15) is 13.2 Å². The number of benzene rings is 3. The van der Waals surface area contributed by atoms with Gasteiger partial charge in [0.2, 0.25) is 17.7 Å². The Balaban J connectivity index is 1.27. The molecule has 37 heavy (non-hydrogen) atoms. The van der Waals surface area contributed by atoms with Crippen molar-refractivity contribution in [2.45, 2.75) is 24.7 Å². The fourth-order valence-corrected chi connectivity index (χ4v) is 4.74. The molecule has 2 N–H and O–H groups in total. The Bertz CT molecular complexity index is 1540. The largest absolute Gasteiger partial charge is 0.416 e. The van der Waals surface area contributed by atoms with Gasteiger partial charge in [-0.25, -0.2) is 8.42 Å². The van der Waals surface area contributed by atoms with Crippen LogP contribution in [-0.2, 0) is 14.8 Å². The number of hydrogen-bond acceptors (Lipinski definition) is 7. The molecule has 5 rings (SSSR count). The lowest BCUT2D eigenvalue weighted by molar-refractivity contribution is -0.120. The zero-order valence-corrected chi connectivity index (χ0v) is 21.5. The Hall–Kier alpha value is -4.18. The average molecular weight is 518 g/mol. The van der Waals surface area contributed by atoms with Crippen molar-refractivity contribution in [3.05, 3.63) is 72.8 Å². The number of carbonyl (C=O) groups is 1. The first-order valence-corrected chi connectivity index (χ1v) is 13.3. The summed E-state index contributed by atoms with van der Waals surface area (Å²) in [6.45, 7) is 1.93. The molecule has 0 spiro atoms. The third-order valence-electron chi connectivity index (χ3n) is 6.39. The summed E-state index contributed by atoms with van der Waals surface area (Å²) < 4.78 is 34.2. The molecular formula is C27H27N5O4S. The van der Waals surface area contributed by atoms with Gasteiger partial charge < -0.3 is 14.6 Å². The normalized spacial score (nSPS) is 14.1. The maximum atomic E-state index is 12.9. The molecule has 1 amide bonds. The second-order valence-corrected chi connectivity index (χ2v) is 11.3. The minimum absolute atomic E-state index is 0.0172. The Morgan fingerprint density at radius 2 is 1.51 bits per heavy atom. The second-order valence-electron chi connectivity index (χ2n) is 9.58. The molecule has 10 heteroatoms. The molecule has 1 fully saturated rings. The maximum Gasteiger partial charge on any atom is 0.261 e. The van der Waals surface area contributed by atoms with Crippen LogP contribution >= 0.6 is 0 Å². The van der Waals surface area contributed by atoms with E-state index >= 15 is 0 Å². The van der Waals surface area contributed by atoms with Gasteiger partial charge in [0.25, 0.3) is 10.0 Å². The molecule has 1 heterocycles. The van der Waals surface area contributed by atoms with Gasteiger partial charge >= 0.3 is 0 Å². The van der Waals surface area contributed by atoms with Crippen LogP contribution in [0.1, 0.15) is 19.8 Å². The van der Waals surface area contributed by atoms with Crippen LogP contribution < -0.4 is 14.9 Å². The third-order valence-corrected chi connectivity index (χ3v) is 7.79. The number of hydrogen-bond donors (Lipinski definition) is 2. The summed E-state index contributed by atoms with van der Waals surface area (Å²) in [4.78, 5) is 14.3. The molecule has 1 aliphatic rings.